The molecular formula is C9H10BrN5O2. The summed E-state index contributed by atoms with van der Waals surface area (Å²) >= 11 is 3.22. The van der Waals surface area contributed by atoms with E-state index in [1.807, 2.05) is 0 Å². The van der Waals surface area contributed by atoms with E-state index in [1.54, 1.807) is 13.1 Å². The second-order valence-corrected chi connectivity index (χ2v) is 4.03. The Labute approximate surface area is 106 Å². The Morgan fingerprint density at radius 1 is 1.47 bits per heavy atom. The van der Waals surface area contributed by atoms with Crippen LogP contribution in [0.4, 0.5) is 0 Å². The van der Waals surface area contributed by atoms with Gasteiger partial charge in [-0.05, 0) is 15.9 Å². The predicted octanol–water partition coefficient (Wildman–Crippen LogP) is 0.458. The van der Waals surface area contributed by atoms with Crippen LogP contribution in [0.25, 0.3) is 0 Å². The number of nitrogens with zero attached hydrogens (tertiary/aromatic N) is 5. The van der Waals surface area contributed by atoms with Gasteiger partial charge in [-0.3, -0.25) is 0 Å². The molecular weight excluding hydrogens is 290 g/mol. The van der Waals surface area contributed by atoms with Crippen molar-refractivity contribution >= 4 is 15.9 Å². The highest BCUT2D eigenvalue weighted by atomic mass is 79.9. The molecule has 0 aliphatic rings. The first kappa shape index (κ1) is 11.9. The zero-order chi connectivity index (χ0) is 12.4. The van der Waals surface area contributed by atoms with Crippen molar-refractivity contribution in [2.24, 2.45) is 7.05 Å². The van der Waals surface area contributed by atoms with Crippen LogP contribution in [0.5, 0.6) is 5.88 Å². The SMILES string of the molecule is COc1cc(C(O)c2c(Br)nnn2C)ncn1. The number of aromatic nitrogens is 5. The van der Waals surface area contributed by atoms with E-state index in [-0.39, 0.29) is 0 Å². The van der Waals surface area contributed by atoms with Crippen LogP contribution < -0.4 is 4.74 Å². The van der Waals surface area contributed by atoms with Gasteiger partial charge in [-0.25, -0.2) is 14.6 Å². The van der Waals surface area contributed by atoms with Gasteiger partial charge in [-0.1, -0.05) is 5.21 Å². The average molecular weight is 300 g/mol. The molecule has 0 aliphatic carbocycles. The summed E-state index contributed by atoms with van der Waals surface area (Å²) in [7, 11) is 3.19. The zero-order valence-electron chi connectivity index (χ0n) is 9.20. The number of hydrogen-bond acceptors (Lipinski definition) is 6. The Hall–Kier alpha value is -1.54. The molecule has 0 radical (unpaired) electrons. The summed E-state index contributed by atoms with van der Waals surface area (Å²) in [5, 5.41) is 17.8. The first-order chi connectivity index (χ1) is 8.13. The Bertz CT molecular complexity index is 510. The maximum Gasteiger partial charge on any atom is 0.216 e. The first-order valence-electron chi connectivity index (χ1n) is 4.72. The lowest BCUT2D eigenvalue weighted by Crippen LogP contribution is -2.09. The largest absolute Gasteiger partial charge is 0.481 e. The van der Waals surface area contributed by atoms with E-state index in [9.17, 15) is 5.11 Å². The minimum Gasteiger partial charge on any atom is -0.481 e. The van der Waals surface area contributed by atoms with Crippen molar-refractivity contribution in [2.45, 2.75) is 6.10 Å². The maximum atomic E-state index is 10.2. The van der Waals surface area contributed by atoms with Crippen LogP contribution in [0.1, 0.15) is 17.5 Å². The maximum absolute atomic E-state index is 10.2. The van der Waals surface area contributed by atoms with Gasteiger partial charge in [0.15, 0.2) is 4.60 Å². The molecule has 1 unspecified atom stereocenters. The summed E-state index contributed by atoms with van der Waals surface area (Å²) in [5.41, 5.74) is 0.939. The van der Waals surface area contributed by atoms with Gasteiger partial charge < -0.3 is 9.84 Å². The molecule has 0 aromatic carbocycles. The van der Waals surface area contributed by atoms with Gasteiger partial charge in [0.05, 0.1) is 12.8 Å². The average Bonchev–Trinajstić information content (AvgIpc) is 2.68. The van der Waals surface area contributed by atoms with Crippen LogP contribution in [-0.4, -0.2) is 37.2 Å². The highest BCUT2D eigenvalue weighted by Crippen LogP contribution is 2.26. The fourth-order valence-electron chi connectivity index (χ4n) is 1.38. The highest BCUT2D eigenvalue weighted by Gasteiger charge is 2.21. The molecule has 17 heavy (non-hydrogen) atoms. The van der Waals surface area contributed by atoms with Gasteiger partial charge in [0.25, 0.3) is 0 Å². The fraction of sp³-hybridized carbons (Fsp3) is 0.333. The second-order valence-electron chi connectivity index (χ2n) is 3.28. The van der Waals surface area contributed by atoms with Gasteiger partial charge >= 0.3 is 0 Å². The predicted molar refractivity (Wildman–Crippen MR) is 61.3 cm³/mol. The smallest absolute Gasteiger partial charge is 0.216 e. The summed E-state index contributed by atoms with van der Waals surface area (Å²) < 4.78 is 6.92. The molecule has 0 bridgehead atoms. The molecule has 0 spiro atoms. The van der Waals surface area contributed by atoms with Gasteiger partial charge in [0.2, 0.25) is 5.88 Å². The topological polar surface area (TPSA) is 86.0 Å². The van der Waals surface area contributed by atoms with Crippen molar-refractivity contribution in [3.63, 3.8) is 0 Å². The molecule has 90 valence electrons. The van der Waals surface area contributed by atoms with Gasteiger partial charge in [0.1, 0.15) is 18.1 Å². The van der Waals surface area contributed by atoms with Gasteiger partial charge in [-0.15, -0.1) is 5.10 Å². The molecule has 0 saturated heterocycles. The van der Waals surface area contributed by atoms with E-state index in [1.165, 1.54) is 18.1 Å². The van der Waals surface area contributed by atoms with Crippen LogP contribution in [-0.2, 0) is 7.05 Å². The molecule has 0 amide bonds. The summed E-state index contributed by atoms with van der Waals surface area (Å²) in [6.45, 7) is 0. The molecule has 2 rings (SSSR count). The zero-order valence-corrected chi connectivity index (χ0v) is 10.8. The van der Waals surface area contributed by atoms with E-state index < -0.39 is 6.10 Å². The van der Waals surface area contributed by atoms with Crippen molar-refractivity contribution in [3.05, 3.63) is 28.4 Å². The molecule has 2 heterocycles. The standard InChI is InChI=1S/C9H10BrN5O2/c1-15-7(9(10)13-14-15)8(16)5-3-6(17-2)12-4-11-5/h3-4,8,16H,1-2H3. The molecule has 1 N–H and O–H groups in total. The quantitative estimate of drug-likeness (QED) is 0.886. The minimum absolute atomic E-state index is 0.389. The number of ether oxygens (including phenoxy) is 1. The summed E-state index contributed by atoms with van der Waals surface area (Å²) in [4.78, 5) is 7.87. The summed E-state index contributed by atoms with van der Waals surface area (Å²) in [6.07, 6.45) is 0.385. The van der Waals surface area contributed by atoms with E-state index in [0.717, 1.165) is 0 Å². The molecule has 8 heteroatoms. The lowest BCUT2D eigenvalue weighted by Gasteiger charge is -2.10. The molecule has 2 aromatic rings. The van der Waals surface area contributed by atoms with Crippen LogP contribution in [0.3, 0.4) is 0 Å². The van der Waals surface area contributed by atoms with Crippen molar-refractivity contribution in [2.75, 3.05) is 7.11 Å². The van der Waals surface area contributed by atoms with E-state index >= 15 is 0 Å². The molecule has 0 aliphatic heterocycles. The number of hydrogen-bond donors (Lipinski definition) is 1. The number of methoxy groups -OCH3 is 1. The number of aliphatic hydroxyl groups is 1. The van der Waals surface area contributed by atoms with Gasteiger partial charge in [-0.2, -0.15) is 0 Å². The number of aryl methyl sites for hydroxylation is 1. The molecule has 0 saturated carbocycles. The van der Waals surface area contributed by atoms with Crippen LogP contribution in [0.2, 0.25) is 0 Å². The Balaban J connectivity index is 2.40. The van der Waals surface area contributed by atoms with Crippen molar-refractivity contribution in [3.8, 4) is 5.88 Å². The van der Waals surface area contributed by atoms with Crippen molar-refractivity contribution in [1.29, 1.82) is 0 Å². The molecule has 2 aromatic heterocycles. The molecule has 0 fully saturated rings. The Kier molecular flexibility index (Phi) is 3.34. The second kappa shape index (κ2) is 4.76. The van der Waals surface area contributed by atoms with Crippen LogP contribution in [0, 0.1) is 0 Å². The minimum atomic E-state index is -0.943. The van der Waals surface area contributed by atoms with E-state index in [2.05, 4.69) is 36.2 Å². The fourth-order valence-corrected chi connectivity index (χ4v) is 1.93. The lowest BCUT2D eigenvalue weighted by atomic mass is 10.2. The first-order valence-corrected chi connectivity index (χ1v) is 5.52. The van der Waals surface area contributed by atoms with Crippen LogP contribution >= 0.6 is 15.9 Å². The highest BCUT2D eigenvalue weighted by molar-refractivity contribution is 9.10. The van der Waals surface area contributed by atoms with Crippen molar-refractivity contribution < 1.29 is 9.84 Å². The van der Waals surface area contributed by atoms with Crippen molar-refractivity contribution in [1.82, 2.24) is 25.0 Å². The third kappa shape index (κ3) is 2.27. The molecule has 7 nitrogen and oxygen atoms in total. The van der Waals surface area contributed by atoms with E-state index in [4.69, 9.17) is 4.74 Å². The monoisotopic (exact) mass is 299 g/mol. The number of aliphatic hydroxyl groups excluding tert-OH is 1. The number of rotatable bonds is 3. The van der Waals surface area contributed by atoms with Gasteiger partial charge in [0, 0.05) is 13.1 Å². The Morgan fingerprint density at radius 3 is 2.82 bits per heavy atom. The Morgan fingerprint density at radius 2 is 2.24 bits per heavy atom. The van der Waals surface area contributed by atoms with E-state index in [0.29, 0.717) is 21.9 Å². The van der Waals surface area contributed by atoms with Crippen LogP contribution in [0.15, 0.2) is 17.0 Å². The molecule has 1 atom stereocenters. The normalized spacial score (nSPS) is 12.5. The summed E-state index contributed by atoms with van der Waals surface area (Å²) in [5.74, 6) is 0.389. The summed E-state index contributed by atoms with van der Waals surface area (Å²) in [6, 6.07) is 1.56. The third-order valence-corrected chi connectivity index (χ3v) is 2.80. The third-order valence-electron chi connectivity index (χ3n) is 2.24. The lowest BCUT2D eigenvalue weighted by molar-refractivity contribution is 0.203. The number of halogens is 1.